The average molecular weight is 193 g/mol. The van der Waals surface area contributed by atoms with Crippen LogP contribution in [-0.2, 0) is 0 Å². The molecule has 1 heterocycles. The fourth-order valence-electron chi connectivity index (χ4n) is 1.66. The van der Waals surface area contributed by atoms with E-state index in [1.54, 1.807) is 0 Å². The lowest BCUT2D eigenvalue weighted by molar-refractivity contribution is 0.567. The van der Waals surface area contributed by atoms with Crippen LogP contribution in [0.5, 0.6) is 0 Å². The van der Waals surface area contributed by atoms with Crippen molar-refractivity contribution in [1.82, 2.24) is 9.78 Å². The molecule has 14 heavy (non-hydrogen) atoms. The summed E-state index contributed by atoms with van der Waals surface area (Å²) >= 11 is 0. The molecule has 1 aliphatic carbocycles. The van der Waals surface area contributed by atoms with E-state index in [1.165, 1.54) is 24.2 Å². The molecule has 0 bridgehead atoms. The maximum atomic E-state index is 5.93. The third-order valence-corrected chi connectivity index (χ3v) is 2.73. The molecule has 0 aliphatic heterocycles. The summed E-state index contributed by atoms with van der Waals surface area (Å²) in [4.78, 5) is 0. The van der Waals surface area contributed by atoms with E-state index in [0.717, 1.165) is 0 Å². The molecule has 2 rings (SSSR count). The van der Waals surface area contributed by atoms with Gasteiger partial charge in [-0.2, -0.15) is 5.10 Å². The minimum atomic E-state index is 0.0931. The molecule has 1 aromatic rings. The van der Waals surface area contributed by atoms with Crippen LogP contribution >= 0.6 is 0 Å². The third kappa shape index (κ3) is 1.69. The van der Waals surface area contributed by atoms with Gasteiger partial charge in [0.15, 0.2) is 0 Å². The van der Waals surface area contributed by atoms with E-state index in [2.05, 4.69) is 29.7 Å². The van der Waals surface area contributed by atoms with Crippen molar-refractivity contribution in [3.63, 3.8) is 0 Å². The quantitative estimate of drug-likeness (QED) is 0.800. The van der Waals surface area contributed by atoms with Crippen LogP contribution in [0.15, 0.2) is 6.07 Å². The maximum absolute atomic E-state index is 5.93. The number of hydrogen-bond donors (Lipinski definition) is 1. The van der Waals surface area contributed by atoms with E-state index in [9.17, 15) is 0 Å². The van der Waals surface area contributed by atoms with Crippen LogP contribution in [0.25, 0.3) is 0 Å². The van der Waals surface area contributed by atoms with E-state index in [-0.39, 0.29) is 6.04 Å². The Morgan fingerprint density at radius 2 is 2.07 bits per heavy atom. The number of nitrogens with two attached hydrogens (primary N) is 1. The van der Waals surface area contributed by atoms with Crippen molar-refractivity contribution in [3.05, 3.63) is 17.5 Å². The van der Waals surface area contributed by atoms with Crippen molar-refractivity contribution >= 4 is 0 Å². The highest BCUT2D eigenvalue weighted by molar-refractivity contribution is 5.17. The molecular weight excluding hydrogens is 174 g/mol. The van der Waals surface area contributed by atoms with Crippen molar-refractivity contribution < 1.29 is 0 Å². The second-order valence-corrected chi connectivity index (χ2v) is 4.61. The van der Waals surface area contributed by atoms with Crippen LogP contribution in [0.3, 0.4) is 0 Å². The summed E-state index contributed by atoms with van der Waals surface area (Å²) in [5.74, 6) is 0.493. The van der Waals surface area contributed by atoms with E-state index < -0.39 is 0 Å². The lowest BCUT2D eigenvalue weighted by Gasteiger charge is -2.07. The summed E-state index contributed by atoms with van der Waals surface area (Å²) < 4.78 is 2.14. The van der Waals surface area contributed by atoms with Crippen LogP contribution in [0, 0.1) is 0 Å². The monoisotopic (exact) mass is 193 g/mol. The van der Waals surface area contributed by atoms with Gasteiger partial charge in [-0.1, -0.05) is 13.8 Å². The summed E-state index contributed by atoms with van der Waals surface area (Å²) in [7, 11) is 0. The average Bonchev–Trinajstić information content (AvgIpc) is 2.83. The van der Waals surface area contributed by atoms with Crippen molar-refractivity contribution in [2.75, 3.05) is 0 Å². The van der Waals surface area contributed by atoms with Crippen LogP contribution in [0.2, 0.25) is 0 Å². The van der Waals surface area contributed by atoms with Crippen LogP contribution in [0.4, 0.5) is 0 Å². The molecule has 78 valence electrons. The predicted molar refractivity (Wildman–Crippen MR) is 57.2 cm³/mol. The molecule has 0 saturated heterocycles. The minimum absolute atomic E-state index is 0.0931. The first-order valence-corrected chi connectivity index (χ1v) is 5.44. The van der Waals surface area contributed by atoms with E-state index in [0.29, 0.717) is 12.0 Å². The van der Waals surface area contributed by atoms with Gasteiger partial charge < -0.3 is 5.73 Å². The second kappa shape index (κ2) is 3.39. The number of rotatable bonds is 3. The minimum Gasteiger partial charge on any atom is -0.323 e. The molecule has 0 spiro atoms. The lowest BCUT2D eigenvalue weighted by atomic mass is 10.1. The molecule has 3 nitrogen and oxygen atoms in total. The zero-order valence-electron chi connectivity index (χ0n) is 9.20. The van der Waals surface area contributed by atoms with Gasteiger partial charge in [-0.15, -0.1) is 0 Å². The standard InChI is InChI=1S/C11H19N3/c1-7(2)10-6-11(8(3)12)14(13-10)9-4-5-9/h6-9H,4-5,12H2,1-3H3/t8-/m1/s1. The molecule has 0 amide bonds. The van der Waals surface area contributed by atoms with Gasteiger partial charge in [-0.3, -0.25) is 4.68 Å². The molecule has 1 atom stereocenters. The van der Waals surface area contributed by atoms with E-state index >= 15 is 0 Å². The fourth-order valence-corrected chi connectivity index (χ4v) is 1.66. The van der Waals surface area contributed by atoms with Gasteiger partial charge in [-0.05, 0) is 31.7 Å². The first-order chi connectivity index (χ1) is 6.59. The van der Waals surface area contributed by atoms with Gasteiger partial charge in [0.25, 0.3) is 0 Å². The predicted octanol–water partition coefficient (Wildman–Crippen LogP) is 2.36. The molecule has 0 aromatic carbocycles. The van der Waals surface area contributed by atoms with Crippen molar-refractivity contribution in [3.8, 4) is 0 Å². The highest BCUT2D eigenvalue weighted by atomic mass is 15.3. The topological polar surface area (TPSA) is 43.8 Å². The Labute approximate surface area is 85.3 Å². The van der Waals surface area contributed by atoms with Gasteiger partial charge in [0.1, 0.15) is 0 Å². The molecule has 1 saturated carbocycles. The molecule has 2 N–H and O–H groups in total. The molecule has 0 radical (unpaired) electrons. The molecule has 0 unspecified atom stereocenters. The Morgan fingerprint density at radius 3 is 2.50 bits per heavy atom. The van der Waals surface area contributed by atoms with Gasteiger partial charge in [0.05, 0.1) is 17.4 Å². The fraction of sp³-hybridized carbons (Fsp3) is 0.727. The van der Waals surface area contributed by atoms with Gasteiger partial charge in [0, 0.05) is 6.04 Å². The van der Waals surface area contributed by atoms with Crippen molar-refractivity contribution in [2.45, 2.75) is 51.6 Å². The lowest BCUT2D eigenvalue weighted by Crippen LogP contribution is -2.12. The first kappa shape index (κ1) is 9.71. The van der Waals surface area contributed by atoms with Crippen molar-refractivity contribution in [2.24, 2.45) is 5.73 Å². The summed E-state index contributed by atoms with van der Waals surface area (Å²) in [6.07, 6.45) is 2.53. The molecule has 3 heteroatoms. The number of nitrogens with zero attached hydrogens (tertiary/aromatic N) is 2. The molecular formula is C11H19N3. The zero-order valence-corrected chi connectivity index (χ0v) is 9.20. The third-order valence-electron chi connectivity index (χ3n) is 2.73. The summed E-state index contributed by atoms with van der Waals surface area (Å²) in [5.41, 5.74) is 8.29. The Morgan fingerprint density at radius 1 is 1.43 bits per heavy atom. The van der Waals surface area contributed by atoms with E-state index in [1.807, 2.05) is 6.92 Å². The van der Waals surface area contributed by atoms with Crippen molar-refractivity contribution in [1.29, 1.82) is 0 Å². The highest BCUT2D eigenvalue weighted by Gasteiger charge is 2.28. The molecule has 1 aromatic heterocycles. The van der Waals surface area contributed by atoms with Gasteiger partial charge in [0.2, 0.25) is 0 Å². The zero-order chi connectivity index (χ0) is 10.3. The Bertz CT molecular complexity index is 302. The Kier molecular flexibility index (Phi) is 2.35. The number of aromatic nitrogens is 2. The summed E-state index contributed by atoms with van der Waals surface area (Å²) in [6, 6.07) is 2.88. The van der Waals surface area contributed by atoms with Crippen LogP contribution in [-0.4, -0.2) is 9.78 Å². The van der Waals surface area contributed by atoms with Gasteiger partial charge in [-0.25, -0.2) is 0 Å². The largest absolute Gasteiger partial charge is 0.323 e. The normalized spacial score (nSPS) is 18.9. The summed E-state index contributed by atoms with van der Waals surface area (Å²) in [5, 5.41) is 4.63. The molecule has 1 aliphatic rings. The van der Waals surface area contributed by atoms with Crippen LogP contribution < -0.4 is 5.73 Å². The van der Waals surface area contributed by atoms with Crippen LogP contribution in [0.1, 0.15) is 63.0 Å². The maximum Gasteiger partial charge on any atom is 0.0653 e. The first-order valence-electron chi connectivity index (χ1n) is 5.44. The van der Waals surface area contributed by atoms with E-state index in [4.69, 9.17) is 5.73 Å². The SMILES string of the molecule is CC(C)c1cc([C@@H](C)N)n(C2CC2)n1. The smallest absolute Gasteiger partial charge is 0.0653 e. The summed E-state index contributed by atoms with van der Waals surface area (Å²) in [6.45, 7) is 6.37. The highest BCUT2D eigenvalue weighted by Crippen LogP contribution is 2.37. The number of hydrogen-bond acceptors (Lipinski definition) is 2. The Balaban J connectivity index is 2.35. The second-order valence-electron chi connectivity index (χ2n) is 4.61. The molecule has 1 fully saturated rings. The Hall–Kier alpha value is -0.830. The van der Waals surface area contributed by atoms with Gasteiger partial charge >= 0.3 is 0 Å².